The third-order valence-electron chi connectivity index (χ3n) is 3.47. The van der Waals surface area contributed by atoms with Crippen molar-refractivity contribution in [3.8, 4) is 5.75 Å². The molecular formula is C13H16BrClO. The Bertz CT molecular complexity index is 399. The highest BCUT2D eigenvalue weighted by Gasteiger charge is 2.41. The number of benzene rings is 1. The quantitative estimate of drug-likeness (QED) is 0.762. The van der Waals surface area contributed by atoms with E-state index in [1.165, 1.54) is 19.3 Å². The lowest BCUT2D eigenvalue weighted by Gasteiger charge is -2.16. The Labute approximate surface area is 110 Å². The van der Waals surface area contributed by atoms with Crippen molar-refractivity contribution in [2.75, 3.05) is 6.61 Å². The molecule has 2 rings (SSSR count). The molecule has 0 aliphatic heterocycles. The van der Waals surface area contributed by atoms with Crippen LogP contribution in [0.3, 0.4) is 0 Å². The monoisotopic (exact) mass is 302 g/mol. The second-order valence-electron chi connectivity index (χ2n) is 4.65. The molecular weight excluding hydrogens is 287 g/mol. The van der Waals surface area contributed by atoms with Gasteiger partial charge in [0.15, 0.2) is 5.75 Å². The fraction of sp³-hybridized carbons (Fsp3) is 0.538. The average Bonchev–Trinajstić information content (AvgIpc) is 3.05. The Hall–Kier alpha value is -0.210. The predicted molar refractivity (Wildman–Crippen MR) is 71.3 cm³/mol. The molecule has 1 fully saturated rings. The van der Waals surface area contributed by atoms with Crippen LogP contribution < -0.4 is 4.74 Å². The van der Waals surface area contributed by atoms with E-state index in [1.54, 1.807) is 0 Å². The minimum absolute atomic E-state index is 0.423. The van der Waals surface area contributed by atoms with Crippen molar-refractivity contribution in [2.24, 2.45) is 5.41 Å². The normalized spacial score (nSPS) is 17.2. The molecule has 16 heavy (non-hydrogen) atoms. The van der Waals surface area contributed by atoms with E-state index in [0.717, 1.165) is 27.4 Å². The molecule has 0 atom stereocenters. The molecule has 1 nitrogen and oxygen atoms in total. The predicted octanol–water partition coefficient (Wildman–Crippen LogP) is 4.98. The summed E-state index contributed by atoms with van der Waals surface area (Å²) in [5.74, 6) is 0.793. The van der Waals surface area contributed by atoms with Crippen LogP contribution in [-0.4, -0.2) is 6.61 Å². The van der Waals surface area contributed by atoms with E-state index in [1.807, 2.05) is 19.1 Å². The smallest absolute Gasteiger partial charge is 0.152 e. The Morgan fingerprint density at radius 1 is 1.44 bits per heavy atom. The van der Waals surface area contributed by atoms with Gasteiger partial charge in [-0.25, -0.2) is 0 Å². The van der Waals surface area contributed by atoms with Crippen molar-refractivity contribution in [1.29, 1.82) is 0 Å². The highest BCUT2D eigenvalue weighted by atomic mass is 79.9. The Balaban J connectivity index is 2.12. The second-order valence-corrected chi connectivity index (χ2v) is 5.88. The molecule has 0 unspecified atom stereocenters. The lowest BCUT2D eigenvalue weighted by atomic mass is 10.1. The summed E-state index contributed by atoms with van der Waals surface area (Å²) < 4.78 is 6.83. The summed E-state index contributed by atoms with van der Waals surface area (Å²) in [6.07, 6.45) is 3.75. The molecule has 3 heteroatoms. The van der Waals surface area contributed by atoms with Crippen LogP contribution in [0.5, 0.6) is 5.75 Å². The van der Waals surface area contributed by atoms with Crippen molar-refractivity contribution in [3.63, 3.8) is 0 Å². The topological polar surface area (TPSA) is 9.23 Å². The molecule has 1 saturated carbocycles. The van der Waals surface area contributed by atoms with Gasteiger partial charge in [0.25, 0.3) is 0 Å². The molecule has 1 aliphatic carbocycles. The fourth-order valence-electron chi connectivity index (χ4n) is 1.77. The zero-order chi connectivity index (χ0) is 11.8. The number of hydrogen-bond donors (Lipinski definition) is 0. The van der Waals surface area contributed by atoms with Crippen LogP contribution in [0.1, 0.15) is 31.7 Å². The molecule has 0 amide bonds. The van der Waals surface area contributed by atoms with Crippen LogP contribution in [0.4, 0.5) is 0 Å². The number of aryl methyl sites for hydroxylation is 1. The molecule has 1 aliphatic rings. The van der Waals surface area contributed by atoms with Crippen molar-refractivity contribution in [1.82, 2.24) is 0 Å². The number of hydrogen-bond acceptors (Lipinski definition) is 1. The molecule has 0 spiro atoms. The third kappa shape index (κ3) is 2.38. The number of rotatable bonds is 4. The number of ether oxygens (including phenoxy) is 1. The van der Waals surface area contributed by atoms with Crippen LogP contribution in [0.15, 0.2) is 16.6 Å². The summed E-state index contributed by atoms with van der Waals surface area (Å²) in [5.41, 5.74) is 1.48. The maximum Gasteiger partial charge on any atom is 0.152 e. The standard InChI is InChI=1S/C13H16BrClO/c1-3-13(6-7-13)8-16-12-10(14)5-4-9(2)11(12)15/h4-5H,3,6-8H2,1-2H3. The molecule has 1 aromatic carbocycles. The highest BCUT2D eigenvalue weighted by Crippen LogP contribution is 2.49. The summed E-state index contributed by atoms with van der Waals surface area (Å²) in [6, 6.07) is 3.98. The molecule has 0 radical (unpaired) electrons. The maximum atomic E-state index is 6.24. The van der Waals surface area contributed by atoms with E-state index in [0.29, 0.717) is 5.41 Å². The van der Waals surface area contributed by atoms with Crippen molar-refractivity contribution < 1.29 is 4.74 Å². The van der Waals surface area contributed by atoms with Gasteiger partial charge in [0.05, 0.1) is 16.1 Å². The average molecular weight is 304 g/mol. The summed E-state index contributed by atoms with van der Waals surface area (Å²) in [5, 5.41) is 0.723. The first-order chi connectivity index (χ1) is 7.58. The van der Waals surface area contributed by atoms with Gasteiger partial charge in [-0.05, 0) is 53.7 Å². The maximum absolute atomic E-state index is 6.24. The van der Waals surface area contributed by atoms with E-state index in [9.17, 15) is 0 Å². The van der Waals surface area contributed by atoms with Crippen LogP contribution in [0.2, 0.25) is 5.02 Å². The van der Waals surface area contributed by atoms with E-state index in [4.69, 9.17) is 16.3 Å². The van der Waals surface area contributed by atoms with Crippen LogP contribution in [-0.2, 0) is 0 Å². The SMILES string of the molecule is CCC1(COc2c(Br)ccc(C)c2Cl)CC1. The van der Waals surface area contributed by atoms with E-state index < -0.39 is 0 Å². The van der Waals surface area contributed by atoms with Gasteiger partial charge in [-0.3, -0.25) is 0 Å². The number of halogens is 2. The van der Waals surface area contributed by atoms with Gasteiger partial charge in [0, 0.05) is 5.41 Å². The van der Waals surface area contributed by atoms with Crippen molar-refractivity contribution in [2.45, 2.75) is 33.1 Å². The molecule has 0 heterocycles. The Kier molecular flexibility index (Phi) is 3.50. The van der Waals surface area contributed by atoms with Crippen LogP contribution >= 0.6 is 27.5 Å². The molecule has 88 valence electrons. The largest absolute Gasteiger partial charge is 0.490 e. The van der Waals surface area contributed by atoms with Crippen LogP contribution in [0, 0.1) is 12.3 Å². The fourth-order valence-corrected chi connectivity index (χ4v) is 2.54. The minimum atomic E-state index is 0.423. The molecule has 0 bridgehead atoms. The van der Waals surface area contributed by atoms with Gasteiger partial charge < -0.3 is 4.74 Å². The van der Waals surface area contributed by atoms with Gasteiger partial charge in [-0.2, -0.15) is 0 Å². The second kappa shape index (κ2) is 4.58. The van der Waals surface area contributed by atoms with Gasteiger partial charge in [0.2, 0.25) is 0 Å². The van der Waals surface area contributed by atoms with Gasteiger partial charge in [-0.15, -0.1) is 0 Å². The van der Waals surface area contributed by atoms with E-state index >= 15 is 0 Å². The lowest BCUT2D eigenvalue weighted by molar-refractivity contribution is 0.228. The third-order valence-corrected chi connectivity index (χ3v) is 4.57. The first kappa shape index (κ1) is 12.3. The van der Waals surface area contributed by atoms with Crippen molar-refractivity contribution >= 4 is 27.5 Å². The van der Waals surface area contributed by atoms with Gasteiger partial charge in [-0.1, -0.05) is 24.6 Å². The Morgan fingerprint density at radius 3 is 2.69 bits per heavy atom. The first-order valence-corrected chi connectivity index (χ1v) is 6.82. The zero-order valence-corrected chi connectivity index (χ0v) is 12.0. The summed E-state index contributed by atoms with van der Waals surface area (Å²) in [7, 11) is 0. The van der Waals surface area contributed by atoms with Crippen molar-refractivity contribution in [3.05, 3.63) is 27.2 Å². The molecule has 1 aromatic rings. The van der Waals surface area contributed by atoms with Gasteiger partial charge in [0.1, 0.15) is 0 Å². The summed E-state index contributed by atoms with van der Waals surface area (Å²) in [6.45, 7) is 5.00. The minimum Gasteiger partial charge on any atom is -0.490 e. The summed E-state index contributed by atoms with van der Waals surface area (Å²) in [4.78, 5) is 0. The van der Waals surface area contributed by atoms with E-state index in [2.05, 4.69) is 22.9 Å². The molecule has 0 aromatic heterocycles. The molecule has 0 N–H and O–H groups in total. The van der Waals surface area contributed by atoms with E-state index in [-0.39, 0.29) is 0 Å². The Morgan fingerprint density at radius 2 is 2.12 bits per heavy atom. The highest BCUT2D eigenvalue weighted by molar-refractivity contribution is 9.10. The van der Waals surface area contributed by atoms with Gasteiger partial charge >= 0.3 is 0 Å². The lowest BCUT2D eigenvalue weighted by Crippen LogP contribution is -2.12. The van der Waals surface area contributed by atoms with Crippen LogP contribution in [0.25, 0.3) is 0 Å². The summed E-state index contributed by atoms with van der Waals surface area (Å²) >= 11 is 9.72. The first-order valence-electron chi connectivity index (χ1n) is 5.65. The zero-order valence-electron chi connectivity index (χ0n) is 9.65. The molecule has 0 saturated heterocycles.